The van der Waals surface area contributed by atoms with Gasteiger partial charge in [-0.1, -0.05) is 47.0 Å². The van der Waals surface area contributed by atoms with Gasteiger partial charge in [-0.25, -0.2) is 4.98 Å². The predicted molar refractivity (Wildman–Crippen MR) is 77.5 cm³/mol. The zero-order valence-electron chi connectivity index (χ0n) is 12.2. The fourth-order valence-electron chi connectivity index (χ4n) is 2.24. The third-order valence-electron chi connectivity index (χ3n) is 3.14. The number of aromatic nitrogens is 2. The van der Waals surface area contributed by atoms with Gasteiger partial charge >= 0.3 is 0 Å². The molecule has 0 aliphatic heterocycles. The Kier molecular flexibility index (Phi) is 4.45. The summed E-state index contributed by atoms with van der Waals surface area (Å²) in [4.78, 5) is 4.76. The number of imidazole rings is 1. The van der Waals surface area contributed by atoms with Crippen molar-refractivity contribution in [3.63, 3.8) is 0 Å². The van der Waals surface area contributed by atoms with E-state index in [-0.39, 0.29) is 5.41 Å². The summed E-state index contributed by atoms with van der Waals surface area (Å²) >= 11 is 0. The van der Waals surface area contributed by atoms with Crippen LogP contribution in [-0.4, -0.2) is 9.55 Å². The van der Waals surface area contributed by atoms with Crippen LogP contribution in [0.1, 0.15) is 64.9 Å². The molecule has 1 aromatic rings. The molecule has 1 heterocycles. The van der Waals surface area contributed by atoms with Crippen molar-refractivity contribution in [2.24, 2.45) is 0 Å². The summed E-state index contributed by atoms with van der Waals surface area (Å²) < 4.78 is 1.97. The first-order valence-electron chi connectivity index (χ1n) is 6.62. The van der Waals surface area contributed by atoms with Gasteiger partial charge in [0.2, 0.25) is 0 Å². The van der Waals surface area contributed by atoms with E-state index in [0.717, 1.165) is 30.2 Å². The monoisotopic (exact) mass is 247 g/mol. The summed E-state index contributed by atoms with van der Waals surface area (Å²) in [6.45, 7) is 11.2. The van der Waals surface area contributed by atoms with Gasteiger partial charge in [0, 0.05) is 11.3 Å². The van der Waals surface area contributed by atoms with Gasteiger partial charge in [0.05, 0.1) is 12.2 Å². The van der Waals surface area contributed by atoms with Crippen molar-refractivity contribution in [1.82, 2.24) is 9.55 Å². The Morgan fingerprint density at radius 1 is 1.44 bits per heavy atom. The number of nitrogens with zero attached hydrogens (tertiary/aromatic N) is 2. The van der Waals surface area contributed by atoms with Crippen molar-refractivity contribution in [3.05, 3.63) is 11.5 Å². The van der Waals surface area contributed by atoms with Crippen molar-refractivity contribution in [2.45, 2.75) is 65.3 Å². The van der Waals surface area contributed by atoms with Crippen molar-refractivity contribution >= 4 is 5.82 Å². The first-order valence-corrected chi connectivity index (χ1v) is 6.62. The lowest BCUT2D eigenvalue weighted by Crippen LogP contribution is -2.19. The smallest absolute Gasteiger partial charge is 0.127 e. The maximum atomic E-state index is 6.22. The van der Waals surface area contributed by atoms with Crippen LogP contribution in [0.5, 0.6) is 0 Å². The Morgan fingerprint density at radius 2 is 2.06 bits per heavy atom. The van der Waals surface area contributed by atoms with Crippen LogP contribution in [0.2, 0.25) is 0 Å². The second-order valence-corrected chi connectivity index (χ2v) is 5.94. The molecule has 0 saturated carbocycles. The number of hydrogen-bond acceptors (Lipinski definition) is 2. The average Bonchev–Trinajstić information content (AvgIpc) is 2.57. The zero-order valence-corrected chi connectivity index (χ0v) is 12.2. The number of terminal acetylenes is 1. The van der Waals surface area contributed by atoms with E-state index in [2.05, 4.69) is 40.5 Å². The van der Waals surface area contributed by atoms with E-state index in [1.54, 1.807) is 0 Å². The predicted octanol–water partition coefficient (Wildman–Crippen LogP) is 3.30. The van der Waals surface area contributed by atoms with Crippen LogP contribution >= 0.6 is 0 Å². The highest BCUT2D eigenvalue weighted by Crippen LogP contribution is 2.31. The topological polar surface area (TPSA) is 43.8 Å². The largest absolute Gasteiger partial charge is 0.384 e. The minimum absolute atomic E-state index is 0.0465. The molecule has 0 radical (unpaired) electrons. The molecule has 100 valence electrons. The Hall–Kier alpha value is -1.43. The second-order valence-electron chi connectivity index (χ2n) is 5.94. The molecule has 2 N–H and O–H groups in total. The summed E-state index contributed by atoms with van der Waals surface area (Å²) in [6.07, 6.45) is 7.66. The lowest BCUT2D eigenvalue weighted by atomic mass is 9.95. The fourth-order valence-corrected chi connectivity index (χ4v) is 2.24. The molecule has 1 atom stereocenters. The van der Waals surface area contributed by atoms with E-state index in [1.807, 2.05) is 4.57 Å². The zero-order chi connectivity index (χ0) is 13.9. The molecule has 1 rings (SSSR count). The van der Waals surface area contributed by atoms with Gasteiger partial charge in [-0.3, -0.25) is 0 Å². The van der Waals surface area contributed by atoms with Crippen LogP contribution < -0.4 is 5.73 Å². The van der Waals surface area contributed by atoms with Crippen molar-refractivity contribution in [2.75, 3.05) is 5.73 Å². The Bertz CT molecular complexity index is 444. The fraction of sp³-hybridized carbons (Fsp3) is 0.667. The third kappa shape index (κ3) is 2.87. The van der Waals surface area contributed by atoms with Crippen LogP contribution in [0.3, 0.4) is 0 Å². The number of rotatable bonds is 4. The molecule has 0 aliphatic rings. The first kappa shape index (κ1) is 14.6. The number of anilines is 1. The summed E-state index contributed by atoms with van der Waals surface area (Å²) in [5, 5.41) is 0. The van der Waals surface area contributed by atoms with E-state index < -0.39 is 0 Å². The van der Waals surface area contributed by atoms with Gasteiger partial charge in [-0.05, 0) is 6.42 Å². The second kappa shape index (κ2) is 5.48. The Balaban J connectivity index is 3.28. The molecule has 0 aliphatic carbocycles. The molecule has 0 bridgehead atoms. The minimum atomic E-state index is -0.0465. The average molecular weight is 247 g/mol. The van der Waals surface area contributed by atoms with Crippen LogP contribution in [0.4, 0.5) is 5.82 Å². The molecule has 3 heteroatoms. The lowest BCUT2D eigenvalue weighted by Gasteiger charge is -2.19. The molecule has 0 amide bonds. The molecule has 3 nitrogen and oxygen atoms in total. The molecule has 0 fully saturated rings. The maximum Gasteiger partial charge on any atom is 0.127 e. The van der Waals surface area contributed by atoms with E-state index >= 15 is 0 Å². The number of nitrogens with two attached hydrogens (primary N) is 1. The van der Waals surface area contributed by atoms with Crippen LogP contribution in [-0.2, 0) is 12.0 Å². The summed E-state index contributed by atoms with van der Waals surface area (Å²) in [6, 6.07) is 0. The highest BCUT2D eigenvalue weighted by Gasteiger charge is 2.26. The highest BCUT2D eigenvalue weighted by molar-refractivity contribution is 5.42. The van der Waals surface area contributed by atoms with Gasteiger partial charge in [0.25, 0.3) is 0 Å². The molecule has 0 spiro atoms. The van der Waals surface area contributed by atoms with Crippen LogP contribution in [0.15, 0.2) is 0 Å². The van der Waals surface area contributed by atoms with Gasteiger partial charge in [0.15, 0.2) is 0 Å². The van der Waals surface area contributed by atoms with Gasteiger partial charge in [0.1, 0.15) is 11.6 Å². The highest BCUT2D eigenvalue weighted by atomic mass is 15.1. The summed E-state index contributed by atoms with van der Waals surface area (Å²) in [5.74, 6) is 4.77. The number of hydrogen-bond donors (Lipinski definition) is 1. The molecule has 0 saturated heterocycles. The number of nitrogen functional groups attached to an aromatic ring is 1. The van der Waals surface area contributed by atoms with Crippen LogP contribution in [0.25, 0.3) is 0 Å². The molecular formula is C15H25N3. The van der Waals surface area contributed by atoms with Gasteiger partial charge in [-0.15, -0.1) is 6.42 Å². The van der Waals surface area contributed by atoms with Crippen LogP contribution in [0, 0.1) is 12.3 Å². The standard InChI is InChI=1S/C15H25N3/c1-7-9-11(3)12-13(16)18(10-8-2)14(17-12)15(4,5)6/h2,11H,7,9-10,16H2,1,3-6H3. The third-order valence-corrected chi connectivity index (χ3v) is 3.14. The van der Waals surface area contributed by atoms with E-state index in [4.69, 9.17) is 17.1 Å². The van der Waals surface area contributed by atoms with E-state index in [1.165, 1.54) is 0 Å². The quantitative estimate of drug-likeness (QED) is 0.830. The van der Waals surface area contributed by atoms with Crippen molar-refractivity contribution in [1.29, 1.82) is 0 Å². The van der Waals surface area contributed by atoms with Gasteiger partial charge < -0.3 is 10.3 Å². The van der Waals surface area contributed by atoms with Crippen molar-refractivity contribution in [3.8, 4) is 12.3 Å². The molecule has 1 unspecified atom stereocenters. The summed E-state index contributed by atoms with van der Waals surface area (Å²) in [5.41, 5.74) is 7.17. The molecular weight excluding hydrogens is 222 g/mol. The van der Waals surface area contributed by atoms with E-state index in [0.29, 0.717) is 12.5 Å². The maximum absolute atomic E-state index is 6.22. The molecule has 18 heavy (non-hydrogen) atoms. The van der Waals surface area contributed by atoms with Crippen molar-refractivity contribution < 1.29 is 0 Å². The normalized spacial score (nSPS) is 13.3. The Labute approximate surface area is 111 Å². The van der Waals surface area contributed by atoms with E-state index in [9.17, 15) is 0 Å². The minimum Gasteiger partial charge on any atom is -0.384 e. The lowest BCUT2D eigenvalue weighted by molar-refractivity contribution is 0.515. The first-order chi connectivity index (χ1) is 8.32. The molecule has 0 aromatic carbocycles. The van der Waals surface area contributed by atoms with Gasteiger partial charge in [-0.2, -0.15) is 0 Å². The SMILES string of the molecule is C#CCn1c(C(C)(C)C)nc(C(C)CCC)c1N. The summed E-state index contributed by atoms with van der Waals surface area (Å²) in [7, 11) is 0. The molecule has 1 aromatic heterocycles. The Morgan fingerprint density at radius 3 is 2.50 bits per heavy atom.